The molecule has 0 unspecified atom stereocenters. The Labute approximate surface area is 184 Å². The summed E-state index contributed by atoms with van der Waals surface area (Å²) in [4.78, 5) is 12.1. The van der Waals surface area contributed by atoms with Crippen LogP contribution in [0, 0.1) is 18.8 Å². The zero-order valence-corrected chi connectivity index (χ0v) is 17.3. The van der Waals surface area contributed by atoms with E-state index in [1.165, 1.54) is 19.1 Å². The van der Waals surface area contributed by atoms with E-state index >= 15 is 0 Å². The van der Waals surface area contributed by atoms with E-state index in [9.17, 15) is 18.0 Å². The lowest BCUT2D eigenvalue weighted by molar-refractivity contribution is -0.138. The van der Waals surface area contributed by atoms with Gasteiger partial charge in [-0.05, 0) is 46.9 Å². The number of carbonyl (C=O) groups is 1. The molecule has 4 rings (SSSR count). The molecule has 6 heteroatoms. The zero-order valence-electron chi connectivity index (χ0n) is 17.3. The molecule has 0 heterocycles. The fourth-order valence-corrected chi connectivity index (χ4v) is 3.92. The minimum atomic E-state index is -4.43. The Morgan fingerprint density at radius 3 is 2.25 bits per heavy atom. The first kappa shape index (κ1) is 21.5. The highest BCUT2D eigenvalue weighted by molar-refractivity contribution is 5.79. The van der Waals surface area contributed by atoms with E-state index in [1.807, 2.05) is 36.4 Å². The summed E-state index contributed by atoms with van der Waals surface area (Å²) in [6.45, 7) is 1.55. The summed E-state index contributed by atoms with van der Waals surface area (Å²) in [6, 6.07) is 20.0. The lowest BCUT2D eigenvalue weighted by Crippen LogP contribution is -2.26. The second-order valence-corrected chi connectivity index (χ2v) is 7.51. The number of carbonyl (C=O) groups excluding carboxylic acids is 1. The molecule has 3 aromatic rings. The van der Waals surface area contributed by atoms with Gasteiger partial charge < -0.3 is 10.1 Å². The molecular weight excluding hydrogens is 415 g/mol. The number of benzene rings is 3. The van der Waals surface area contributed by atoms with Crippen molar-refractivity contribution in [1.29, 1.82) is 0 Å². The molecule has 0 bridgehead atoms. The third kappa shape index (κ3) is 4.47. The number of aryl methyl sites for hydroxylation is 1. The molecule has 0 aliphatic heterocycles. The van der Waals surface area contributed by atoms with Crippen LogP contribution in [-0.4, -0.2) is 19.2 Å². The van der Waals surface area contributed by atoms with Crippen LogP contribution in [0.5, 0.6) is 0 Å². The predicted molar refractivity (Wildman–Crippen MR) is 116 cm³/mol. The van der Waals surface area contributed by atoms with E-state index in [-0.39, 0.29) is 30.2 Å². The lowest BCUT2D eigenvalue weighted by Gasteiger charge is -2.14. The van der Waals surface area contributed by atoms with Gasteiger partial charge in [-0.1, -0.05) is 66.4 Å². The number of hydrogen-bond acceptors (Lipinski definition) is 2. The third-order valence-corrected chi connectivity index (χ3v) is 5.44. The highest BCUT2D eigenvalue weighted by atomic mass is 19.4. The van der Waals surface area contributed by atoms with Gasteiger partial charge in [0.2, 0.25) is 0 Å². The van der Waals surface area contributed by atoms with Crippen molar-refractivity contribution < 1.29 is 22.7 Å². The standard InChI is InChI=1S/C26H20F3NO2/c1-17-12-13-18(15-24(17)26(27,28)29)7-6-14-30-25(31)32-16-23-21-10-4-2-8-19(21)20-9-3-5-11-22(20)23/h2-5,8-13,15,23H,14,16H2,1H3,(H,30,31). The Kier molecular flexibility index (Phi) is 5.91. The maximum atomic E-state index is 13.0. The van der Waals surface area contributed by atoms with E-state index in [0.29, 0.717) is 0 Å². The van der Waals surface area contributed by atoms with Gasteiger partial charge in [-0.15, -0.1) is 0 Å². The zero-order chi connectivity index (χ0) is 22.7. The Hall–Kier alpha value is -3.72. The highest BCUT2D eigenvalue weighted by Gasteiger charge is 2.32. The SMILES string of the molecule is Cc1ccc(C#CCNC(=O)OCC2c3ccccc3-c3ccccc32)cc1C(F)(F)F. The molecule has 0 atom stereocenters. The second kappa shape index (κ2) is 8.80. The van der Waals surface area contributed by atoms with E-state index in [0.717, 1.165) is 28.3 Å². The molecule has 1 aliphatic rings. The van der Waals surface area contributed by atoms with Crippen LogP contribution in [0.4, 0.5) is 18.0 Å². The van der Waals surface area contributed by atoms with Gasteiger partial charge in [0.15, 0.2) is 0 Å². The topological polar surface area (TPSA) is 38.3 Å². The summed E-state index contributed by atoms with van der Waals surface area (Å²) in [5.74, 6) is 5.25. The molecule has 1 aliphatic carbocycles. The normalized spacial score (nSPS) is 12.4. The van der Waals surface area contributed by atoms with Gasteiger partial charge in [-0.25, -0.2) is 4.79 Å². The molecule has 0 radical (unpaired) electrons. The van der Waals surface area contributed by atoms with Gasteiger partial charge in [0, 0.05) is 11.5 Å². The van der Waals surface area contributed by atoms with E-state index in [2.05, 4.69) is 29.3 Å². The van der Waals surface area contributed by atoms with Crippen molar-refractivity contribution in [3.8, 4) is 23.0 Å². The van der Waals surface area contributed by atoms with Crippen LogP contribution in [0.3, 0.4) is 0 Å². The number of amides is 1. The number of ether oxygens (including phenoxy) is 1. The van der Waals surface area contributed by atoms with Gasteiger partial charge in [0.1, 0.15) is 6.61 Å². The van der Waals surface area contributed by atoms with Crippen molar-refractivity contribution in [2.24, 2.45) is 0 Å². The molecule has 3 aromatic carbocycles. The van der Waals surface area contributed by atoms with Gasteiger partial charge in [-0.2, -0.15) is 13.2 Å². The largest absolute Gasteiger partial charge is 0.449 e. The molecule has 3 nitrogen and oxygen atoms in total. The molecule has 0 saturated heterocycles. The number of hydrogen-bond donors (Lipinski definition) is 1. The first-order valence-electron chi connectivity index (χ1n) is 10.1. The van der Waals surface area contributed by atoms with E-state index in [1.54, 1.807) is 0 Å². The Morgan fingerprint density at radius 1 is 1.00 bits per heavy atom. The summed E-state index contributed by atoms with van der Waals surface area (Å²) in [6.07, 6.45) is -5.05. The van der Waals surface area contributed by atoms with Crippen molar-refractivity contribution >= 4 is 6.09 Å². The highest BCUT2D eigenvalue weighted by Crippen LogP contribution is 2.44. The van der Waals surface area contributed by atoms with Crippen LogP contribution in [0.1, 0.15) is 33.7 Å². The van der Waals surface area contributed by atoms with Crippen LogP contribution in [0.2, 0.25) is 0 Å². The summed E-state index contributed by atoms with van der Waals surface area (Å²) in [7, 11) is 0. The summed E-state index contributed by atoms with van der Waals surface area (Å²) < 4.78 is 44.4. The molecular formula is C26H20F3NO2. The summed E-state index contributed by atoms with van der Waals surface area (Å²) in [5.41, 5.74) is 4.16. The van der Waals surface area contributed by atoms with E-state index < -0.39 is 17.8 Å². The maximum absolute atomic E-state index is 13.0. The van der Waals surface area contributed by atoms with E-state index in [4.69, 9.17) is 4.74 Å². The number of nitrogens with one attached hydrogen (secondary N) is 1. The average Bonchev–Trinajstić information content (AvgIpc) is 3.09. The smallest absolute Gasteiger partial charge is 0.416 e. The minimum absolute atomic E-state index is 0.0358. The first-order chi connectivity index (χ1) is 15.3. The second-order valence-electron chi connectivity index (χ2n) is 7.51. The first-order valence-corrected chi connectivity index (χ1v) is 10.1. The summed E-state index contributed by atoms with van der Waals surface area (Å²) >= 11 is 0. The number of alkyl carbamates (subject to hydrolysis) is 1. The lowest BCUT2D eigenvalue weighted by atomic mass is 9.98. The molecule has 0 aromatic heterocycles. The average molecular weight is 435 g/mol. The van der Waals surface area contributed by atoms with Crippen LogP contribution in [-0.2, 0) is 10.9 Å². The Bertz CT molecular complexity index is 1180. The minimum Gasteiger partial charge on any atom is -0.449 e. The summed E-state index contributed by atoms with van der Waals surface area (Å²) in [5, 5.41) is 2.52. The maximum Gasteiger partial charge on any atom is 0.416 e. The van der Waals surface area contributed by atoms with Crippen LogP contribution in [0.15, 0.2) is 66.7 Å². The van der Waals surface area contributed by atoms with Crippen molar-refractivity contribution in [3.63, 3.8) is 0 Å². The number of alkyl halides is 3. The van der Waals surface area contributed by atoms with Gasteiger partial charge >= 0.3 is 12.3 Å². The fourth-order valence-electron chi connectivity index (χ4n) is 3.92. The van der Waals surface area contributed by atoms with Crippen molar-refractivity contribution in [2.75, 3.05) is 13.2 Å². The number of fused-ring (bicyclic) bond motifs is 3. The van der Waals surface area contributed by atoms with Gasteiger partial charge in [0.05, 0.1) is 12.1 Å². The Morgan fingerprint density at radius 2 is 1.62 bits per heavy atom. The van der Waals surface area contributed by atoms with Crippen molar-refractivity contribution in [3.05, 3.63) is 94.5 Å². The van der Waals surface area contributed by atoms with Gasteiger partial charge in [0.25, 0.3) is 0 Å². The molecule has 1 N–H and O–H groups in total. The molecule has 162 valence electrons. The molecule has 0 saturated carbocycles. The van der Waals surface area contributed by atoms with Crippen molar-refractivity contribution in [1.82, 2.24) is 5.32 Å². The third-order valence-electron chi connectivity index (χ3n) is 5.44. The predicted octanol–water partition coefficient (Wildman–Crippen LogP) is 5.90. The van der Waals surface area contributed by atoms with Gasteiger partial charge in [-0.3, -0.25) is 0 Å². The van der Waals surface area contributed by atoms with Crippen LogP contribution in [0.25, 0.3) is 11.1 Å². The van der Waals surface area contributed by atoms with Crippen LogP contribution < -0.4 is 5.32 Å². The fraction of sp³-hybridized carbons (Fsp3) is 0.192. The molecule has 0 fully saturated rings. The van der Waals surface area contributed by atoms with Crippen LogP contribution >= 0.6 is 0 Å². The molecule has 32 heavy (non-hydrogen) atoms. The monoisotopic (exact) mass is 435 g/mol. The number of rotatable bonds is 3. The Balaban J connectivity index is 1.35. The number of halogens is 3. The quantitative estimate of drug-likeness (QED) is 0.520. The molecule has 0 spiro atoms. The van der Waals surface area contributed by atoms with Crippen molar-refractivity contribution in [2.45, 2.75) is 19.0 Å². The molecule has 1 amide bonds.